The van der Waals surface area contributed by atoms with Gasteiger partial charge in [0.05, 0.1) is 29.0 Å². The molecule has 4 aromatic rings. The third-order valence-corrected chi connectivity index (χ3v) is 4.77. The van der Waals surface area contributed by atoms with Crippen LogP contribution in [0.3, 0.4) is 0 Å². The standard InChI is InChI=1S/C24H21N5O2/c1-17(2)29-22-12-11-20(14-21(22)23(25-3)27-29)28-16-19(15-26-28)24(30)31-13-7-10-18-8-5-4-6-9-18/h4-12,14-17H,13H2,1-2H3/b10-7+. The Labute approximate surface area is 180 Å². The average Bonchev–Trinajstić information content (AvgIpc) is 3.42. The Hall–Kier alpha value is -4.18. The zero-order valence-electron chi connectivity index (χ0n) is 17.3. The summed E-state index contributed by atoms with van der Waals surface area (Å²) in [4.78, 5) is 15.9. The van der Waals surface area contributed by atoms with Crippen LogP contribution in [0.5, 0.6) is 0 Å². The number of fused-ring (bicyclic) bond motifs is 1. The zero-order chi connectivity index (χ0) is 21.8. The van der Waals surface area contributed by atoms with Crippen LogP contribution in [-0.4, -0.2) is 32.1 Å². The van der Waals surface area contributed by atoms with Gasteiger partial charge < -0.3 is 9.58 Å². The van der Waals surface area contributed by atoms with Crippen molar-refractivity contribution in [2.45, 2.75) is 19.9 Å². The number of carbonyl (C=O) groups excluding carboxylic acids is 1. The summed E-state index contributed by atoms with van der Waals surface area (Å²) in [5.74, 6) is -0.0953. The topological polar surface area (TPSA) is 66.3 Å². The lowest BCUT2D eigenvalue weighted by molar-refractivity contribution is 0.0550. The Morgan fingerprint density at radius 2 is 2.03 bits per heavy atom. The first kappa shape index (κ1) is 20.1. The molecule has 0 aliphatic heterocycles. The van der Waals surface area contributed by atoms with Crippen LogP contribution in [0, 0.1) is 6.57 Å². The second kappa shape index (κ2) is 8.67. The minimum Gasteiger partial charge on any atom is -0.458 e. The zero-order valence-corrected chi connectivity index (χ0v) is 17.3. The highest BCUT2D eigenvalue weighted by Crippen LogP contribution is 2.29. The van der Waals surface area contributed by atoms with Crippen molar-refractivity contribution in [3.05, 3.63) is 89.5 Å². The molecule has 2 heterocycles. The van der Waals surface area contributed by atoms with E-state index < -0.39 is 5.97 Å². The molecule has 7 heteroatoms. The predicted octanol–water partition coefficient (Wildman–Crippen LogP) is 5.22. The van der Waals surface area contributed by atoms with Crippen LogP contribution in [0.1, 0.15) is 35.8 Å². The van der Waals surface area contributed by atoms with E-state index in [1.165, 1.54) is 6.20 Å². The van der Waals surface area contributed by atoms with E-state index in [9.17, 15) is 4.79 Å². The normalized spacial score (nSPS) is 11.3. The summed E-state index contributed by atoms with van der Waals surface area (Å²) in [5, 5.41) is 9.43. The van der Waals surface area contributed by atoms with Crippen molar-refractivity contribution in [2.24, 2.45) is 0 Å². The summed E-state index contributed by atoms with van der Waals surface area (Å²) >= 11 is 0. The number of nitrogens with zero attached hydrogens (tertiary/aromatic N) is 5. The van der Waals surface area contributed by atoms with Gasteiger partial charge in [0.15, 0.2) is 0 Å². The Kier molecular flexibility index (Phi) is 5.63. The lowest BCUT2D eigenvalue weighted by Gasteiger charge is -2.05. The summed E-state index contributed by atoms with van der Waals surface area (Å²) in [5.41, 5.74) is 3.03. The van der Waals surface area contributed by atoms with E-state index in [1.807, 2.05) is 73.1 Å². The minimum absolute atomic E-state index is 0.144. The predicted molar refractivity (Wildman–Crippen MR) is 119 cm³/mol. The smallest absolute Gasteiger partial charge is 0.341 e. The molecule has 0 spiro atoms. The van der Waals surface area contributed by atoms with Gasteiger partial charge in [-0.3, -0.25) is 0 Å². The summed E-state index contributed by atoms with van der Waals surface area (Å²) in [6.07, 6.45) is 6.79. The molecule has 7 nitrogen and oxygen atoms in total. The molecule has 2 aromatic carbocycles. The van der Waals surface area contributed by atoms with Gasteiger partial charge in [0.2, 0.25) is 0 Å². The van der Waals surface area contributed by atoms with E-state index in [1.54, 1.807) is 17.0 Å². The Morgan fingerprint density at radius 3 is 2.77 bits per heavy atom. The van der Waals surface area contributed by atoms with Gasteiger partial charge in [-0.25, -0.2) is 9.48 Å². The summed E-state index contributed by atoms with van der Waals surface area (Å²) in [7, 11) is 0. The molecule has 0 fully saturated rings. The third kappa shape index (κ3) is 4.23. The molecule has 0 amide bonds. The van der Waals surface area contributed by atoms with Crippen LogP contribution in [0.4, 0.5) is 5.82 Å². The first-order valence-electron chi connectivity index (χ1n) is 9.90. The Balaban J connectivity index is 1.49. The molecule has 31 heavy (non-hydrogen) atoms. The van der Waals surface area contributed by atoms with Gasteiger partial charge in [0, 0.05) is 11.6 Å². The van der Waals surface area contributed by atoms with E-state index in [0.717, 1.165) is 22.2 Å². The number of hydrogen-bond donors (Lipinski definition) is 0. The molecule has 0 aliphatic carbocycles. The number of ether oxygens (including phenoxy) is 1. The fourth-order valence-electron chi connectivity index (χ4n) is 3.26. The number of benzene rings is 2. The first-order valence-corrected chi connectivity index (χ1v) is 9.90. The second-order valence-electron chi connectivity index (χ2n) is 7.26. The van der Waals surface area contributed by atoms with E-state index in [-0.39, 0.29) is 12.6 Å². The summed E-state index contributed by atoms with van der Waals surface area (Å²) in [6, 6.07) is 15.6. The molecule has 0 atom stereocenters. The molecule has 0 radical (unpaired) electrons. The van der Waals surface area contributed by atoms with Gasteiger partial charge in [-0.2, -0.15) is 9.78 Å². The van der Waals surface area contributed by atoms with Gasteiger partial charge in [0.1, 0.15) is 6.61 Å². The van der Waals surface area contributed by atoms with E-state index in [0.29, 0.717) is 11.4 Å². The molecule has 0 N–H and O–H groups in total. The van der Waals surface area contributed by atoms with Crippen molar-refractivity contribution in [1.29, 1.82) is 0 Å². The first-order chi connectivity index (χ1) is 15.1. The molecule has 0 saturated heterocycles. The molecular weight excluding hydrogens is 390 g/mol. The van der Waals surface area contributed by atoms with Gasteiger partial charge >= 0.3 is 11.8 Å². The maximum atomic E-state index is 12.3. The molecule has 2 aromatic heterocycles. The Morgan fingerprint density at radius 1 is 1.23 bits per heavy atom. The Bertz CT molecular complexity index is 1290. The van der Waals surface area contributed by atoms with Crippen LogP contribution in [0.15, 0.2) is 67.0 Å². The molecule has 154 valence electrons. The highest BCUT2D eigenvalue weighted by atomic mass is 16.5. The SMILES string of the molecule is [C-]#[N+]c1nn(C(C)C)c2ccc(-n3cc(C(=O)OC/C=C/c4ccccc4)cn3)cc12. The van der Waals surface area contributed by atoms with Gasteiger partial charge in [-0.15, -0.1) is 0 Å². The van der Waals surface area contributed by atoms with Gasteiger partial charge in [-0.1, -0.05) is 43.0 Å². The molecule has 4 rings (SSSR count). The summed E-state index contributed by atoms with van der Waals surface area (Å²) in [6.45, 7) is 11.6. The van der Waals surface area contributed by atoms with Gasteiger partial charge in [-0.05, 0) is 48.8 Å². The second-order valence-corrected chi connectivity index (χ2v) is 7.26. The summed E-state index contributed by atoms with van der Waals surface area (Å²) < 4.78 is 8.73. The lowest BCUT2D eigenvalue weighted by atomic mass is 10.2. The third-order valence-electron chi connectivity index (χ3n) is 4.77. The van der Waals surface area contributed by atoms with Gasteiger partial charge in [0.25, 0.3) is 0 Å². The molecule has 0 saturated carbocycles. The lowest BCUT2D eigenvalue weighted by Crippen LogP contribution is -2.04. The number of hydrogen-bond acceptors (Lipinski definition) is 4. The maximum Gasteiger partial charge on any atom is 0.341 e. The van der Waals surface area contributed by atoms with E-state index in [4.69, 9.17) is 11.3 Å². The van der Waals surface area contributed by atoms with Crippen LogP contribution < -0.4 is 0 Å². The van der Waals surface area contributed by atoms with Crippen LogP contribution in [0.2, 0.25) is 0 Å². The van der Waals surface area contributed by atoms with Crippen molar-refractivity contribution >= 4 is 28.8 Å². The highest BCUT2D eigenvalue weighted by molar-refractivity contribution is 5.92. The van der Waals surface area contributed by atoms with Crippen molar-refractivity contribution in [1.82, 2.24) is 19.6 Å². The number of aromatic nitrogens is 4. The van der Waals surface area contributed by atoms with Crippen molar-refractivity contribution in [2.75, 3.05) is 6.61 Å². The molecule has 0 bridgehead atoms. The van der Waals surface area contributed by atoms with Crippen LogP contribution in [-0.2, 0) is 4.74 Å². The number of carbonyl (C=O) groups is 1. The average molecular weight is 411 g/mol. The highest BCUT2D eigenvalue weighted by Gasteiger charge is 2.16. The molecule has 0 unspecified atom stereocenters. The number of esters is 1. The van der Waals surface area contributed by atoms with Crippen molar-refractivity contribution in [3.63, 3.8) is 0 Å². The largest absolute Gasteiger partial charge is 0.458 e. The monoisotopic (exact) mass is 411 g/mol. The molecule has 0 aliphatic rings. The van der Waals surface area contributed by atoms with Crippen LogP contribution >= 0.6 is 0 Å². The maximum absolute atomic E-state index is 12.3. The van der Waals surface area contributed by atoms with E-state index >= 15 is 0 Å². The van der Waals surface area contributed by atoms with Crippen molar-refractivity contribution < 1.29 is 9.53 Å². The fraction of sp³-hybridized carbons (Fsp3) is 0.167. The van der Waals surface area contributed by atoms with Crippen molar-refractivity contribution in [3.8, 4) is 5.69 Å². The fourth-order valence-corrected chi connectivity index (χ4v) is 3.26. The van der Waals surface area contributed by atoms with E-state index in [2.05, 4.69) is 15.0 Å². The number of rotatable bonds is 6. The van der Waals surface area contributed by atoms with Crippen LogP contribution in [0.25, 0.3) is 27.5 Å². The quantitative estimate of drug-likeness (QED) is 0.322. The minimum atomic E-state index is -0.445. The molecular formula is C24H21N5O2.